The molecule has 3 rings (SSSR count). The van der Waals surface area contributed by atoms with Crippen molar-refractivity contribution >= 4 is 0 Å². The van der Waals surface area contributed by atoms with Gasteiger partial charge in [0, 0.05) is 23.3 Å². The molecule has 0 fully saturated rings. The van der Waals surface area contributed by atoms with Gasteiger partial charge in [-0.1, -0.05) is 0 Å². The van der Waals surface area contributed by atoms with Crippen LogP contribution in [0.15, 0.2) is 53.2 Å². The highest BCUT2D eigenvalue weighted by Crippen LogP contribution is 2.28. The van der Waals surface area contributed by atoms with Gasteiger partial charge in [-0.05, 0) is 31.2 Å². The zero-order chi connectivity index (χ0) is 14.8. The Bertz CT molecular complexity index is 743. The first kappa shape index (κ1) is 13.4. The van der Waals surface area contributed by atoms with Crippen LogP contribution in [0.25, 0.3) is 22.7 Å². The molecule has 0 amide bonds. The van der Waals surface area contributed by atoms with Crippen molar-refractivity contribution in [2.45, 2.75) is 6.92 Å². The standard InChI is InChI=1S/C17H17N2O2/c1-12-16(13-8-10-19(2)11-9-13)18-17(21-12)14-4-6-15(20-3)7-5-14/h4-11H,1-3H3/q+1. The summed E-state index contributed by atoms with van der Waals surface area (Å²) in [5, 5.41) is 0. The minimum Gasteiger partial charge on any atom is -0.497 e. The monoisotopic (exact) mass is 281 g/mol. The third-order valence-electron chi connectivity index (χ3n) is 3.39. The van der Waals surface area contributed by atoms with Crippen molar-refractivity contribution in [1.82, 2.24) is 4.98 Å². The van der Waals surface area contributed by atoms with E-state index >= 15 is 0 Å². The Morgan fingerprint density at radius 3 is 2.29 bits per heavy atom. The molecule has 0 saturated heterocycles. The molecule has 0 aliphatic rings. The summed E-state index contributed by atoms with van der Waals surface area (Å²) in [5.74, 6) is 2.26. The van der Waals surface area contributed by atoms with E-state index in [9.17, 15) is 0 Å². The van der Waals surface area contributed by atoms with E-state index in [1.165, 1.54) is 0 Å². The summed E-state index contributed by atoms with van der Waals surface area (Å²) < 4.78 is 13.0. The third kappa shape index (κ3) is 2.65. The summed E-state index contributed by atoms with van der Waals surface area (Å²) in [6, 6.07) is 11.7. The topological polar surface area (TPSA) is 39.1 Å². The maximum Gasteiger partial charge on any atom is 0.226 e. The molecule has 2 aromatic heterocycles. The van der Waals surface area contributed by atoms with Gasteiger partial charge in [0.15, 0.2) is 12.4 Å². The molecule has 1 aromatic carbocycles. The highest BCUT2D eigenvalue weighted by atomic mass is 16.5. The Kier molecular flexibility index (Phi) is 3.44. The van der Waals surface area contributed by atoms with Crippen molar-refractivity contribution in [3.8, 4) is 28.5 Å². The van der Waals surface area contributed by atoms with Gasteiger partial charge < -0.3 is 9.15 Å². The van der Waals surface area contributed by atoms with Crippen LogP contribution in [0.3, 0.4) is 0 Å². The van der Waals surface area contributed by atoms with E-state index in [0.29, 0.717) is 5.89 Å². The van der Waals surface area contributed by atoms with Crippen LogP contribution in [0.5, 0.6) is 5.75 Å². The van der Waals surface area contributed by atoms with Crippen molar-refractivity contribution < 1.29 is 13.7 Å². The molecule has 2 heterocycles. The maximum atomic E-state index is 5.80. The summed E-state index contributed by atoms with van der Waals surface area (Å²) >= 11 is 0. The van der Waals surface area contributed by atoms with Crippen LogP contribution < -0.4 is 9.30 Å². The number of pyridine rings is 1. The number of hydrogen-bond acceptors (Lipinski definition) is 3. The maximum absolute atomic E-state index is 5.80. The fourth-order valence-corrected chi connectivity index (χ4v) is 2.18. The van der Waals surface area contributed by atoms with Crippen LogP contribution in [-0.4, -0.2) is 12.1 Å². The normalized spacial score (nSPS) is 10.6. The highest BCUT2D eigenvalue weighted by Gasteiger charge is 2.14. The van der Waals surface area contributed by atoms with Crippen molar-refractivity contribution in [1.29, 1.82) is 0 Å². The van der Waals surface area contributed by atoms with Gasteiger partial charge in [0.05, 0.1) is 7.11 Å². The molecule has 4 heteroatoms. The summed E-state index contributed by atoms with van der Waals surface area (Å²) in [4.78, 5) is 4.62. The van der Waals surface area contributed by atoms with E-state index in [2.05, 4.69) is 4.98 Å². The lowest BCUT2D eigenvalue weighted by Crippen LogP contribution is -2.25. The molecule has 0 bridgehead atoms. The predicted octanol–water partition coefficient (Wildman–Crippen LogP) is 3.15. The Labute approximate surface area is 123 Å². The first-order valence-electron chi connectivity index (χ1n) is 6.75. The first-order valence-corrected chi connectivity index (χ1v) is 6.75. The van der Waals surface area contributed by atoms with Crippen LogP contribution in [0.2, 0.25) is 0 Å². The molecule has 0 unspecified atom stereocenters. The van der Waals surface area contributed by atoms with Gasteiger partial charge in [-0.15, -0.1) is 0 Å². The minimum atomic E-state index is 0.624. The first-order chi connectivity index (χ1) is 10.2. The quantitative estimate of drug-likeness (QED) is 0.692. The van der Waals surface area contributed by atoms with Crippen LogP contribution in [0.1, 0.15) is 5.76 Å². The lowest BCUT2D eigenvalue weighted by molar-refractivity contribution is -0.671. The average Bonchev–Trinajstić information content (AvgIpc) is 2.90. The highest BCUT2D eigenvalue weighted by molar-refractivity contribution is 5.65. The molecular formula is C17H17N2O2+. The summed E-state index contributed by atoms with van der Waals surface area (Å²) in [6.07, 6.45) is 3.99. The predicted molar refractivity (Wildman–Crippen MR) is 79.8 cm³/mol. The fourth-order valence-electron chi connectivity index (χ4n) is 2.18. The molecule has 21 heavy (non-hydrogen) atoms. The van der Waals surface area contributed by atoms with E-state index in [-0.39, 0.29) is 0 Å². The minimum absolute atomic E-state index is 0.624. The summed E-state index contributed by atoms with van der Waals surface area (Å²) in [6.45, 7) is 1.93. The van der Waals surface area contributed by atoms with Crippen molar-refractivity contribution in [3.05, 3.63) is 54.6 Å². The van der Waals surface area contributed by atoms with E-state index in [0.717, 1.165) is 28.3 Å². The molecule has 0 spiro atoms. The van der Waals surface area contributed by atoms with Gasteiger partial charge in [-0.2, -0.15) is 0 Å². The summed E-state index contributed by atoms with van der Waals surface area (Å²) in [5.41, 5.74) is 2.86. The van der Waals surface area contributed by atoms with E-state index in [4.69, 9.17) is 9.15 Å². The lowest BCUT2D eigenvalue weighted by atomic mass is 10.2. The molecule has 0 saturated carbocycles. The van der Waals surface area contributed by atoms with Crippen molar-refractivity contribution in [3.63, 3.8) is 0 Å². The molecule has 0 radical (unpaired) electrons. The lowest BCUT2D eigenvalue weighted by Gasteiger charge is -1.99. The van der Waals surface area contributed by atoms with Crippen molar-refractivity contribution in [2.75, 3.05) is 7.11 Å². The van der Waals surface area contributed by atoms with Gasteiger partial charge in [0.25, 0.3) is 0 Å². The Morgan fingerprint density at radius 2 is 1.67 bits per heavy atom. The van der Waals surface area contributed by atoms with Gasteiger partial charge >= 0.3 is 0 Å². The molecule has 0 atom stereocenters. The van der Waals surface area contributed by atoms with Crippen LogP contribution in [0.4, 0.5) is 0 Å². The molecule has 3 aromatic rings. The second-order valence-corrected chi connectivity index (χ2v) is 4.90. The molecule has 0 aliphatic heterocycles. The van der Waals surface area contributed by atoms with Gasteiger partial charge in [0.1, 0.15) is 24.3 Å². The summed E-state index contributed by atoms with van der Waals surface area (Å²) in [7, 11) is 3.64. The third-order valence-corrected chi connectivity index (χ3v) is 3.39. The second-order valence-electron chi connectivity index (χ2n) is 4.90. The molecular weight excluding hydrogens is 264 g/mol. The Hall–Kier alpha value is -2.62. The van der Waals surface area contributed by atoms with Gasteiger partial charge in [0.2, 0.25) is 5.89 Å². The average molecular weight is 281 g/mol. The fraction of sp³-hybridized carbons (Fsp3) is 0.176. The zero-order valence-corrected chi connectivity index (χ0v) is 12.3. The Morgan fingerprint density at radius 1 is 1.00 bits per heavy atom. The number of hydrogen-bond donors (Lipinski definition) is 0. The largest absolute Gasteiger partial charge is 0.497 e. The molecule has 4 nitrogen and oxygen atoms in total. The van der Waals surface area contributed by atoms with E-state index < -0.39 is 0 Å². The number of nitrogens with zero attached hydrogens (tertiary/aromatic N) is 2. The van der Waals surface area contributed by atoms with Crippen LogP contribution in [-0.2, 0) is 7.05 Å². The van der Waals surface area contributed by atoms with Gasteiger partial charge in [-0.25, -0.2) is 9.55 Å². The number of oxazole rings is 1. The SMILES string of the molecule is COc1ccc(-c2nc(-c3cc[n+](C)cc3)c(C)o2)cc1. The molecule has 0 aliphatic carbocycles. The van der Waals surface area contributed by atoms with Gasteiger partial charge in [-0.3, -0.25) is 0 Å². The number of rotatable bonds is 3. The number of aryl methyl sites for hydroxylation is 2. The molecule has 106 valence electrons. The number of benzene rings is 1. The Balaban J connectivity index is 1.98. The van der Waals surface area contributed by atoms with Crippen molar-refractivity contribution in [2.24, 2.45) is 7.05 Å². The molecule has 0 N–H and O–H groups in total. The number of ether oxygens (including phenoxy) is 1. The zero-order valence-electron chi connectivity index (χ0n) is 12.3. The smallest absolute Gasteiger partial charge is 0.226 e. The number of methoxy groups -OCH3 is 1. The second kappa shape index (κ2) is 5.40. The van der Waals surface area contributed by atoms with Crippen LogP contribution >= 0.6 is 0 Å². The van der Waals surface area contributed by atoms with E-state index in [1.54, 1.807) is 7.11 Å². The number of aromatic nitrogens is 2. The van der Waals surface area contributed by atoms with Crippen LogP contribution in [0, 0.1) is 6.92 Å². The van der Waals surface area contributed by atoms with E-state index in [1.807, 2.05) is 67.3 Å².